The van der Waals surface area contributed by atoms with Gasteiger partial charge in [-0.05, 0) is 0 Å². The summed E-state index contributed by atoms with van der Waals surface area (Å²) in [6.45, 7) is 0. The predicted octanol–water partition coefficient (Wildman–Crippen LogP) is -0.0125. The Kier molecular flexibility index (Phi) is 211. The Morgan fingerprint density at radius 3 is 1.00 bits per heavy atom. The maximum absolute atomic E-state index is 0. The van der Waals surface area contributed by atoms with E-state index in [0.29, 0.717) is 0 Å². The summed E-state index contributed by atoms with van der Waals surface area (Å²) in [4.78, 5) is 0. The van der Waals surface area contributed by atoms with Gasteiger partial charge in [-0.1, -0.05) is 0 Å². The predicted molar refractivity (Wildman–Crippen MR) is 0 cm³/mol. The van der Waals surface area contributed by atoms with Crippen molar-refractivity contribution in [1.29, 1.82) is 0 Å². The Bertz CT molecular complexity index is 11.6. The van der Waals surface area contributed by atoms with Crippen molar-refractivity contribution in [2.75, 3.05) is 0 Å². The third-order valence-corrected chi connectivity index (χ3v) is 0. The van der Waals surface area contributed by atoms with Crippen LogP contribution in [0.1, 0.15) is 0 Å². The van der Waals surface area contributed by atoms with Crippen LogP contribution in [-0.2, 0) is 104 Å². The molecule has 0 amide bonds. The van der Waals surface area contributed by atoms with E-state index in [9.17, 15) is 0 Å². The van der Waals surface area contributed by atoms with Crippen molar-refractivity contribution >= 4 is 0 Å². The first-order chi connectivity index (χ1) is 0. The normalized spacial score (nSPS) is 0. The molecule has 0 fully saturated rings. The first-order valence-corrected chi connectivity index (χ1v) is 0. The smallest absolute Gasteiger partial charge is 0 e. The molecular weight excluding hydrogens is 613 g/mol. The van der Waals surface area contributed by atoms with Crippen LogP contribution in [0.5, 0.6) is 0 Å². The minimum absolute atomic E-state index is 0. The average molecular weight is 613 g/mol. The summed E-state index contributed by atoms with van der Waals surface area (Å²) >= 11 is 0. The molecule has 5 heavy (non-hydrogen) atoms. The Hall–Kier alpha value is 3.36. The summed E-state index contributed by atoms with van der Waals surface area (Å²) in [6, 6.07) is 0. The molecule has 0 aromatic rings. The van der Waals surface area contributed by atoms with Gasteiger partial charge in [0.15, 0.2) is 0 Å². The van der Waals surface area contributed by atoms with Crippen LogP contribution < -0.4 is 0 Å². The topological polar surface area (TPSA) is 0 Å². The Morgan fingerprint density at radius 1 is 1.00 bits per heavy atom. The van der Waals surface area contributed by atoms with Crippen molar-refractivity contribution in [2.45, 2.75) is 0 Å². The third-order valence-electron chi connectivity index (χ3n) is 0. The second kappa shape index (κ2) is 26.4. The molecule has 0 atom stereocenters. The summed E-state index contributed by atoms with van der Waals surface area (Å²) in [5, 5.41) is 0. The Labute approximate surface area is 102 Å². The van der Waals surface area contributed by atoms with Crippen LogP contribution in [0.4, 0.5) is 0 Å². The van der Waals surface area contributed by atoms with Crippen molar-refractivity contribution in [3.8, 4) is 0 Å². The van der Waals surface area contributed by atoms with Crippen LogP contribution in [-0.4, -0.2) is 0 Å². The van der Waals surface area contributed by atoms with E-state index >= 15 is 0 Å². The second-order valence-corrected chi connectivity index (χ2v) is 0. The molecule has 0 unspecified atom stereocenters. The van der Waals surface area contributed by atoms with Crippen LogP contribution in [0.2, 0.25) is 0 Å². The molecule has 0 aromatic carbocycles. The van der Waals surface area contributed by atoms with Gasteiger partial charge in [0.05, 0.1) is 0 Å². The van der Waals surface area contributed by atoms with Gasteiger partial charge in [-0.15, -0.1) is 0 Å². The molecule has 0 saturated heterocycles. The number of rotatable bonds is 0. The van der Waals surface area contributed by atoms with Crippen LogP contribution in [0.15, 0.2) is 0 Å². The largest absolute Gasteiger partial charge is 0 e. The minimum Gasteiger partial charge on any atom is 0 e. The molecule has 5 heteroatoms. The van der Waals surface area contributed by atoms with Gasteiger partial charge in [0.25, 0.3) is 0 Å². The van der Waals surface area contributed by atoms with Crippen LogP contribution in [0.25, 0.3) is 0 Å². The maximum atomic E-state index is 0. The summed E-state index contributed by atoms with van der Waals surface area (Å²) in [5.74, 6) is 0. The van der Waals surface area contributed by atoms with Crippen molar-refractivity contribution in [3.63, 3.8) is 0 Å². The van der Waals surface area contributed by atoms with E-state index < -0.39 is 0 Å². The van der Waals surface area contributed by atoms with Crippen molar-refractivity contribution < 1.29 is 104 Å². The monoisotopic (exact) mass is 615 g/mol. The summed E-state index contributed by atoms with van der Waals surface area (Å²) < 4.78 is 0. The van der Waals surface area contributed by atoms with Crippen molar-refractivity contribution in [2.24, 2.45) is 0 Å². The Balaban J connectivity index is 0. The zero-order valence-corrected chi connectivity index (χ0v) is 13.4. The van der Waals surface area contributed by atoms with Gasteiger partial charge in [-0.3, -0.25) is 0 Å². The summed E-state index contributed by atoms with van der Waals surface area (Å²) in [6.07, 6.45) is 0. The quantitative estimate of drug-likeness (QED) is 0.338. The van der Waals surface area contributed by atoms with Crippen LogP contribution >= 0.6 is 0 Å². The van der Waals surface area contributed by atoms with E-state index in [1.807, 2.05) is 0 Å². The van der Waals surface area contributed by atoms with Gasteiger partial charge < -0.3 is 0 Å². The van der Waals surface area contributed by atoms with E-state index in [1.54, 1.807) is 0 Å². The van der Waals surface area contributed by atoms with E-state index in [0.717, 1.165) is 0 Å². The zero-order chi connectivity index (χ0) is 0. The first-order valence-electron chi connectivity index (χ1n) is 0. The van der Waals surface area contributed by atoms with Crippen molar-refractivity contribution in [1.82, 2.24) is 0 Å². The second-order valence-electron chi connectivity index (χ2n) is 0. The molecule has 0 N–H and O–H groups in total. The molecular formula is CoMoNbTaW. The van der Waals surface area contributed by atoms with E-state index in [-0.39, 0.29) is 104 Å². The molecule has 0 rings (SSSR count). The molecule has 0 saturated carbocycles. The summed E-state index contributed by atoms with van der Waals surface area (Å²) in [5.41, 5.74) is 0. The molecule has 0 bridgehead atoms. The standard InChI is InChI=1S/Co.Mo.Nb.Ta.W. The average Bonchev–Trinajstić information content (AvgIpc) is 0. The first kappa shape index (κ1) is 40.1. The van der Waals surface area contributed by atoms with Gasteiger partial charge in [0, 0.05) is 104 Å². The maximum Gasteiger partial charge on any atom is 0 e. The fourth-order valence-electron chi connectivity index (χ4n) is 0. The van der Waals surface area contributed by atoms with Gasteiger partial charge in [0.2, 0.25) is 0 Å². The summed E-state index contributed by atoms with van der Waals surface area (Å²) in [7, 11) is 0. The van der Waals surface area contributed by atoms with E-state index in [4.69, 9.17) is 0 Å². The van der Waals surface area contributed by atoms with Gasteiger partial charge in [0.1, 0.15) is 0 Å². The fraction of sp³-hybridized carbons (Fsp3) is 0. The molecule has 0 nitrogen and oxygen atoms in total. The molecule has 0 spiro atoms. The molecule has 0 aliphatic carbocycles. The number of hydrogen-bond acceptors (Lipinski definition) is 0. The van der Waals surface area contributed by atoms with E-state index in [2.05, 4.69) is 0 Å². The number of hydrogen-bond donors (Lipinski definition) is 0. The Morgan fingerprint density at radius 2 is 1.00 bits per heavy atom. The fourth-order valence-corrected chi connectivity index (χ4v) is 0. The molecule has 31 valence electrons. The van der Waals surface area contributed by atoms with Gasteiger partial charge in [-0.2, -0.15) is 0 Å². The SMILES string of the molecule is [Co].[Mo].[Nb].[Ta].[W]. The molecule has 0 heterocycles. The zero-order valence-electron chi connectivity index (χ0n) is 2.04. The molecule has 3 radical (unpaired) electrons. The molecule has 0 aliphatic rings. The third kappa shape index (κ3) is 18.7. The van der Waals surface area contributed by atoms with Crippen LogP contribution in [0.3, 0.4) is 0 Å². The van der Waals surface area contributed by atoms with Gasteiger partial charge in [-0.25, -0.2) is 0 Å². The molecule has 0 aromatic heterocycles. The van der Waals surface area contributed by atoms with E-state index in [1.165, 1.54) is 0 Å². The van der Waals surface area contributed by atoms with Crippen LogP contribution in [0, 0.1) is 0 Å². The van der Waals surface area contributed by atoms with Gasteiger partial charge >= 0.3 is 0 Å². The minimum atomic E-state index is 0. The van der Waals surface area contributed by atoms with Crippen molar-refractivity contribution in [3.05, 3.63) is 0 Å². The molecule has 0 aliphatic heterocycles.